The Hall–Kier alpha value is -1.98. The van der Waals surface area contributed by atoms with Gasteiger partial charge in [-0.3, -0.25) is 0 Å². The number of aromatic nitrogens is 3. The lowest BCUT2D eigenvalue weighted by molar-refractivity contribution is 0.563. The maximum Gasteiger partial charge on any atom is 0.191 e. The number of anilines is 1. The zero-order valence-corrected chi connectivity index (χ0v) is 9.54. The molecular formula is C11H12F2N4. The second kappa shape index (κ2) is 4.48. The highest BCUT2D eigenvalue weighted by Crippen LogP contribution is 2.18. The minimum absolute atomic E-state index is 0.0181. The number of aryl methyl sites for hydroxylation is 1. The summed E-state index contributed by atoms with van der Waals surface area (Å²) in [5.41, 5.74) is 0.875. The highest BCUT2D eigenvalue weighted by Gasteiger charge is 2.13. The molecule has 0 amide bonds. The molecule has 6 heteroatoms. The van der Waals surface area contributed by atoms with E-state index in [1.165, 1.54) is 4.68 Å². The van der Waals surface area contributed by atoms with Crippen LogP contribution in [0.2, 0.25) is 0 Å². The zero-order valence-electron chi connectivity index (χ0n) is 9.54. The molecule has 0 saturated carbocycles. The second-order valence-corrected chi connectivity index (χ2v) is 3.62. The van der Waals surface area contributed by atoms with Crippen LogP contribution in [0.3, 0.4) is 0 Å². The van der Waals surface area contributed by atoms with E-state index in [9.17, 15) is 8.78 Å². The van der Waals surface area contributed by atoms with Crippen molar-refractivity contribution in [1.82, 2.24) is 14.8 Å². The number of nitrogens with one attached hydrogen (secondary N) is 1. The van der Waals surface area contributed by atoms with Gasteiger partial charge in [0.15, 0.2) is 23.3 Å². The Balaban J connectivity index is 2.50. The Morgan fingerprint density at radius 1 is 1.35 bits per heavy atom. The van der Waals surface area contributed by atoms with Gasteiger partial charge in [-0.2, -0.15) is 5.10 Å². The summed E-state index contributed by atoms with van der Waals surface area (Å²) in [6, 6.07) is 0.803. The molecule has 2 aromatic heterocycles. The monoisotopic (exact) mass is 238 g/mol. The van der Waals surface area contributed by atoms with Gasteiger partial charge in [-0.15, -0.1) is 0 Å². The summed E-state index contributed by atoms with van der Waals surface area (Å²) in [6.07, 6.45) is 3.20. The van der Waals surface area contributed by atoms with Gasteiger partial charge in [-0.05, 0) is 19.4 Å². The molecule has 0 bridgehead atoms. The molecule has 0 fully saturated rings. The Morgan fingerprint density at radius 3 is 2.71 bits per heavy atom. The predicted molar refractivity (Wildman–Crippen MR) is 60.2 cm³/mol. The topological polar surface area (TPSA) is 42.7 Å². The first-order valence-electron chi connectivity index (χ1n) is 5.23. The van der Waals surface area contributed by atoms with Gasteiger partial charge >= 0.3 is 0 Å². The SMILES string of the molecule is CCNc1nc(-n2cc(C)cn2)c(F)cc1F. The number of pyridine rings is 1. The second-order valence-electron chi connectivity index (χ2n) is 3.62. The van der Waals surface area contributed by atoms with Crippen LogP contribution in [-0.4, -0.2) is 21.3 Å². The predicted octanol–water partition coefficient (Wildman–Crippen LogP) is 2.29. The van der Waals surface area contributed by atoms with E-state index in [4.69, 9.17) is 0 Å². The lowest BCUT2D eigenvalue weighted by Gasteiger charge is -2.07. The largest absolute Gasteiger partial charge is 0.368 e. The summed E-state index contributed by atoms with van der Waals surface area (Å²) in [5, 5.41) is 6.67. The molecule has 1 N–H and O–H groups in total. The van der Waals surface area contributed by atoms with Crippen LogP contribution in [0.15, 0.2) is 18.5 Å². The molecule has 0 spiro atoms. The Kier molecular flexibility index (Phi) is 3.03. The fourth-order valence-electron chi connectivity index (χ4n) is 1.44. The lowest BCUT2D eigenvalue weighted by Crippen LogP contribution is -2.08. The zero-order chi connectivity index (χ0) is 12.4. The first-order valence-corrected chi connectivity index (χ1v) is 5.23. The van der Waals surface area contributed by atoms with E-state index < -0.39 is 11.6 Å². The van der Waals surface area contributed by atoms with Crippen LogP contribution in [0.4, 0.5) is 14.6 Å². The van der Waals surface area contributed by atoms with E-state index in [2.05, 4.69) is 15.4 Å². The van der Waals surface area contributed by atoms with Crippen molar-refractivity contribution < 1.29 is 8.78 Å². The van der Waals surface area contributed by atoms with Crippen molar-refractivity contribution in [2.75, 3.05) is 11.9 Å². The molecule has 0 radical (unpaired) electrons. The van der Waals surface area contributed by atoms with Crippen LogP contribution in [-0.2, 0) is 0 Å². The lowest BCUT2D eigenvalue weighted by atomic mass is 10.4. The molecule has 4 nitrogen and oxygen atoms in total. The summed E-state index contributed by atoms with van der Waals surface area (Å²) in [4.78, 5) is 3.88. The van der Waals surface area contributed by atoms with Gasteiger partial charge in [-0.25, -0.2) is 18.4 Å². The van der Waals surface area contributed by atoms with E-state index in [1.54, 1.807) is 12.4 Å². The minimum Gasteiger partial charge on any atom is -0.368 e. The van der Waals surface area contributed by atoms with Gasteiger partial charge in [0.1, 0.15) is 0 Å². The van der Waals surface area contributed by atoms with Crippen LogP contribution in [0, 0.1) is 18.6 Å². The molecule has 0 aromatic carbocycles. The number of hydrogen-bond donors (Lipinski definition) is 1. The standard InChI is InChI=1S/C11H12F2N4/c1-3-14-10-8(12)4-9(13)11(16-10)17-6-7(2)5-15-17/h4-6H,3H2,1-2H3,(H,14,16). The third-order valence-corrected chi connectivity index (χ3v) is 2.18. The highest BCUT2D eigenvalue weighted by atomic mass is 19.1. The smallest absolute Gasteiger partial charge is 0.191 e. The van der Waals surface area contributed by atoms with Crippen molar-refractivity contribution in [2.24, 2.45) is 0 Å². The Bertz CT molecular complexity index is 536. The molecule has 0 aliphatic carbocycles. The first kappa shape index (κ1) is 11.5. The fourth-order valence-corrected chi connectivity index (χ4v) is 1.44. The van der Waals surface area contributed by atoms with Crippen LogP contribution in [0.25, 0.3) is 5.82 Å². The van der Waals surface area contributed by atoms with Gasteiger partial charge in [0.25, 0.3) is 0 Å². The van der Waals surface area contributed by atoms with Crippen molar-refractivity contribution in [3.63, 3.8) is 0 Å². The summed E-state index contributed by atoms with van der Waals surface area (Å²) in [6.45, 7) is 4.14. The van der Waals surface area contributed by atoms with Crippen LogP contribution >= 0.6 is 0 Å². The maximum absolute atomic E-state index is 13.6. The summed E-state index contributed by atoms with van der Waals surface area (Å²) in [7, 11) is 0. The fraction of sp³-hybridized carbons (Fsp3) is 0.273. The van der Waals surface area contributed by atoms with Crippen molar-refractivity contribution in [3.05, 3.63) is 35.7 Å². The van der Waals surface area contributed by atoms with E-state index in [1.807, 2.05) is 13.8 Å². The number of rotatable bonds is 3. The molecule has 0 saturated heterocycles. The Labute approximate surface area is 97.3 Å². The average molecular weight is 238 g/mol. The molecule has 2 rings (SSSR count). The molecule has 0 aliphatic heterocycles. The minimum atomic E-state index is -0.743. The summed E-state index contributed by atoms with van der Waals surface area (Å²) < 4.78 is 28.2. The first-order chi connectivity index (χ1) is 8.11. The van der Waals surface area contributed by atoms with Crippen LogP contribution < -0.4 is 5.32 Å². The van der Waals surface area contributed by atoms with E-state index in [-0.39, 0.29) is 11.6 Å². The third kappa shape index (κ3) is 2.25. The number of nitrogens with zero attached hydrogens (tertiary/aromatic N) is 3. The quantitative estimate of drug-likeness (QED) is 0.892. The molecule has 2 aromatic rings. The van der Waals surface area contributed by atoms with Crippen LogP contribution in [0.5, 0.6) is 0 Å². The number of halogens is 2. The Morgan fingerprint density at radius 2 is 2.12 bits per heavy atom. The van der Waals surface area contributed by atoms with Gasteiger partial charge in [0, 0.05) is 18.8 Å². The highest BCUT2D eigenvalue weighted by molar-refractivity contribution is 5.42. The molecule has 0 unspecified atom stereocenters. The van der Waals surface area contributed by atoms with Gasteiger partial charge < -0.3 is 5.32 Å². The van der Waals surface area contributed by atoms with Crippen molar-refractivity contribution in [1.29, 1.82) is 0 Å². The third-order valence-electron chi connectivity index (χ3n) is 2.18. The van der Waals surface area contributed by atoms with E-state index >= 15 is 0 Å². The molecule has 0 aliphatic rings. The maximum atomic E-state index is 13.6. The van der Waals surface area contributed by atoms with E-state index in [0.29, 0.717) is 6.54 Å². The van der Waals surface area contributed by atoms with Crippen molar-refractivity contribution in [2.45, 2.75) is 13.8 Å². The normalized spacial score (nSPS) is 10.6. The average Bonchev–Trinajstić information content (AvgIpc) is 2.69. The molecule has 90 valence electrons. The van der Waals surface area contributed by atoms with Gasteiger partial charge in [0.05, 0.1) is 6.20 Å². The van der Waals surface area contributed by atoms with E-state index in [0.717, 1.165) is 11.6 Å². The molecule has 2 heterocycles. The van der Waals surface area contributed by atoms with Gasteiger partial charge in [0.2, 0.25) is 0 Å². The summed E-state index contributed by atoms with van der Waals surface area (Å²) in [5.74, 6) is -1.45. The summed E-state index contributed by atoms with van der Waals surface area (Å²) >= 11 is 0. The molecular weight excluding hydrogens is 226 g/mol. The molecule has 0 atom stereocenters. The van der Waals surface area contributed by atoms with Crippen molar-refractivity contribution >= 4 is 5.82 Å². The van der Waals surface area contributed by atoms with Gasteiger partial charge in [-0.1, -0.05) is 0 Å². The van der Waals surface area contributed by atoms with Crippen molar-refractivity contribution in [3.8, 4) is 5.82 Å². The molecule has 17 heavy (non-hydrogen) atoms. The number of hydrogen-bond acceptors (Lipinski definition) is 3. The van der Waals surface area contributed by atoms with Crippen LogP contribution in [0.1, 0.15) is 12.5 Å².